The molecule has 26 heavy (non-hydrogen) atoms. The predicted molar refractivity (Wildman–Crippen MR) is 104 cm³/mol. The van der Waals surface area contributed by atoms with E-state index in [0.717, 1.165) is 8.25 Å². The molecule has 1 aromatic heterocycles. The molecule has 0 spiro atoms. The number of carbonyl (C=O) groups excluding carboxylic acids is 1. The van der Waals surface area contributed by atoms with E-state index in [1.165, 1.54) is 13.1 Å². The molecule has 1 aromatic carbocycles. The monoisotopic (exact) mass is 536 g/mol. The summed E-state index contributed by atoms with van der Waals surface area (Å²) in [5.41, 5.74) is 0.00849. The molecule has 0 aliphatic rings. The molecule has 0 saturated heterocycles. The van der Waals surface area contributed by atoms with Crippen LogP contribution in [0.4, 0.5) is 4.39 Å². The Bertz CT molecular complexity index is 891. The number of hydrogen-bond acceptors (Lipinski definition) is 5. The Hall–Kier alpha value is -1.29. The normalized spacial score (nSPS) is 12.5. The third-order valence-corrected chi connectivity index (χ3v) is 7.06. The molecule has 0 aliphatic carbocycles. The van der Waals surface area contributed by atoms with E-state index < -0.39 is 34.4 Å². The maximum absolute atomic E-state index is 14.2. The molecular weight excluding hydrogens is 519 g/mol. The summed E-state index contributed by atoms with van der Waals surface area (Å²) in [7, 11) is 1.43. The van der Waals surface area contributed by atoms with Gasteiger partial charge in [-0.1, -0.05) is 0 Å². The Labute approximate surface area is 169 Å². The van der Waals surface area contributed by atoms with Gasteiger partial charge in [-0.3, -0.25) is 0 Å². The van der Waals surface area contributed by atoms with E-state index in [-0.39, 0.29) is 23.6 Å². The summed E-state index contributed by atoms with van der Waals surface area (Å²) in [5, 5.41) is 24.7. The third kappa shape index (κ3) is 4.91. The summed E-state index contributed by atoms with van der Waals surface area (Å²) >= 11 is 1.01. The Morgan fingerprint density at radius 2 is 2.19 bits per heavy atom. The number of aliphatic hydroxyl groups is 2. The molecule has 10 heteroatoms. The second kappa shape index (κ2) is 9.07. The number of hydrogen-bond donors (Lipinski definition) is 3. The average Bonchev–Trinajstić information content (AvgIpc) is 2.61. The zero-order valence-corrected chi connectivity index (χ0v) is 18.1. The Balaban J connectivity index is 2.44. The second-order valence-electron chi connectivity index (χ2n) is 5.50. The summed E-state index contributed by atoms with van der Waals surface area (Å²) in [5.74, 6) is -0.980. The van der Waals surface area contributed by atoms with Crippen LogP contribution in [0.1, 0.15) is 16.1 Å². The van der Waals surface area contributed by atoms with Crippen molar-refractivity contribution in [2.45, 2.75) is 13.0 Å². The molecule has 0 aliphatic heterocycles. The number of amides is 1. The average molecular weight is 536 g/mol. The van der Waals surface area contributed by atoms with Gasteiger partial charge in [-0.15, -0.1) is 0 Å². The SMILES string of the molecule is Cc1c([As]c2ccc(I)cc2F)c(C(=O)NCC(O)CO)nn(C)c1=O. The molecule has 1 radical (unpaired) electrons. The van der Waals surface area contributed by atoms with Gasteiger partial charge in [-0.25, -0.2) is 0 Å². The van der Waals surface area contributed by atoms with Crippen LogP contribution >= 0.6 is 22.6 Å². The molecule has 0 bridgehead atoms. The van der Waals surface area contributed by atoms with E-state index in [1.807, 2.05) is 22.6 Å². The number of aromatic nitrogens is 2. The van der Waals surface area contributed by atoms with Crippen molar-refractivity contribution in [1.29, 1.82) is 0 Å². The maximum atomic E-state index is 14.2. The van der Waals surface area contributed by atoms with Crippen LogP contribution in [0.25, 0.3) is 0 Å². The molecular formula is C16H17AsFIN3O4. The number of benzene rings is 1. The van der Waals surface area contributed by atoms with Crippen LogP contribution in [-0.2, 0) is 7.05 Å². The van der Waals surface area contributed by atoms with Gasteiger partial charge in [0.05, 0.1) is 0 Å². The number of aryl methyl sites for hydroxylation is 1. The van der Waals surface area contributed by atoms with Crippen LogP contribution < -0.4 is 19.6 Å². The van der Waals surface area contributed by atoms with Crippen molar-refractivity contribution in [3.63, 3.8) is 0 Å². The third-order valence-electron chi connectivity index (χ3n) is 3.51. The molecule has 7 nitrogen and oxygen atoms in total. The van der Waals surface area contributed by atoms with Crippen LogP contribution in [0.15, 0.2) is 23.0 Å². The van der Waals surface area contributed by atoms with Crippen molar-refractivity contribution < 1.29 is 19.4 Å². The zero-order chi connectivity index (χ0) is 19.4. The van der Waals surface area contributed by atoms with Crippen LogP contribution in [0.3, 0.4) is 0 Å². The van der Waals surface area contributed by atoms with E-state index in [0.29, 0.717) is 14.3 Å². The number of rotatable bonds is 6. The van der Waals surface area contributed by atoms with E-state index in [4.69, 9.17) is 5.11 Å². The summed E-state index contributed by atoms with van der Waals surface area (Å²) in [4.78, 5) is 24.7. The van der Waals surface area contributed by atoms with Crippen molar-refractivity contribution in [3.8, 4) is 0 Å². The van der Waals surface area contributed by atoms with E-state index in [2.05, 4.69) is 10.4 Å². The molecule has 1 atom stereocenters. The number of carbonyl (C=O) groups is 1. The first kappa shape index (κ1) is 21.0. The molecule has 2 aromatic rings. The number of aliphatic hydroxyl groups excluding tert-OH is 2. The molecule has 1 heterocycles. The molecule has 1 amide bonds. The first-order valence-corrected chi connectivity index (χ1v) is 10.5. The topological polar surface area (TPSA) is 104 Å². The Morgan fingerprint density at radius 1 is 1.50 bits per heavy atom. The summed E-state index contributed by atoms with van der Waals surface area (Å²) in [6.07, 6.45) is -1.10. The molecule has 3 N–H and O–H groups in total. The van der Waals surface area contributed by atoms with Crippen molar-refractivity contribution in [3.05, 3.63) is 49.2 Å². The van der Waals surface area contributed by atoms with E-state index in [9.17, 15) is 19.1 Å². The second-order valence-corrected chi connectivity index (χ2v) is 9.17. The van der Waals surface area contributed by atoms with Crippen molar-refractivity contribution >= 4 is 53.0 Å². The van der Waals surface area contributed by atoms with Gasteiger partial charge in [0, 0.05) is 0 Å². The zero-order valence-electron chi connectivity index (χ0n) is 14.0. The number of nitrogens with one attached hydrogen (secondary N) is 1. The quantitative estimate of drug-likeness (QED) is 0.311. The fourth-order valence-corrected chi connectivity index (χ4v) is 4.82. The first-order chi connectivity index (χ1) is 12.2. The van der Waals surface area contributed by atoms with Crippen molar-refractivity contribution in [2.24, 2.45) is 7.05 Å². The summed E-state index contributed by atoms with van der Waals surface area (Å²) < 4.78 is 16.9. The standard InChI is InChI=1S/C16H17AsFIN3O4/c1-8-13(17-11-4-3-9(19)5-12(11)18)14(21-22(2)16(8)26)15(25)20-6-10(24)7-23/h3-5,10,23-24H,6-7H2,1-2H3,(H,20,25). The van der Waals surface area contributed by atoms with Gasteiger partial charge in [0.25, 0.3) is 0 Å². The van der Waals surface area contributed by atoms with Crippen molar-refractivity contribution in [1.82, 2.24) is 15.1 Å². The van der Waals surface area contributed by atoms with Crippen LogP contribution in [0, 0.1) is 16.3 Å². The minimum atomic E-state index is -1.10. The van der Waals surface area contributed by atoms with E-state index in [1.54, 1.807) is 19.1 Å². The van der Waals surface area contributed by atoms with Gasteiger partial charge in [-0.2, -0.15) is 0 Å². The Kier molecular flexibility index (Phi) is 7.33. The molecule has 2 rings (SSSR count). The first-order valence-electron chi connectivity index (χ1n) is 7.56. The van der Waals surface area contributed by atoms with Gasteiger partial charge in [-0.05, 0) is 0 Å². The summed E-state index contributed by atoms with van der Waals surface area (Å²) in [6, 6.07) is 4.80. The van der Waals surface area contributed by atoms with Crippen LogP contribution in [0.5, 0.6) is 0 Å². The van der Waals surface area contributed by atoms with Crippen molar-refractivity contribution in [2.75, 3.05) is 13.2 Å². The Morgan fingerprint density at radius 3 is 2.81 bits per heavy atom. The van der Waals surface area contributed by atoms with Gasteiger partial charge < -0.3 is 0 Å². The fourth-order valence-electron chi connectivity index (χ4n) is 2.11. The van der Waals surface area contributed by atoms with Gasteiger partial charge in [0.1, 0.15) is 0 Å². The molecule has 0 fully saturated rings. The van der Waals surface area contributed by atoms with E-state index >= 15 is 0 Å². The fraction of sp³-hybridized carbons (Fsp3) is 0.312. The van der Waals surface area contributed by atoms with Gasteiger partial charge in [0.2, 0.25) is 0 Å². The van der Waals surface area contributed by atoms with Gasteiger partial charge in [0.15, 0.2) is 0 Å². The molecule has 0 saturated carbocycles. The molecule has 139 valence electrons. The number of nitrogens with zero attached hydrogens (tertiary/aromatic N) is 2. The van der Waals surface area contributed by atoms with Crippen LogP contribution in [-0.4, -0.2) is 60.9 Å². The number of halogens is 2. The summed E-state index contributed by atoms with van der Waals surface area (Å²) in [6.45, 7) is 0.929. The van der Waals surface area contributed by atoms with Gasteiger partial charge >= 0.3 is 170 Å². The van der Waals surface area contributed by atoms with Crippen LogP contribution in [0.2, 0.25) is 0 Å². The molecule has 1 unspecified atom stereocenters. The predicted octanol–water partition coefficient (Wildman–Crippen LogP) is -1.43. The minimum absolute atomic E-state index is 0.0210.